The summed E-state index contributed by atoms with van der Waals surface area (Å²) < 4.78 is 0. The van der Waals surface area contributed by atoms with Crippen molar-refractivity contribution in [2.75, 3.05) is 18.0 Å². The Labute approximate surface area is 104 Å². The van der Waals surface area contributed by atoms with Gasteiger partial charge in [0.25, 0.3) is 0 Å². The summed E-state index contributed by atoms with van der Waals surface area (Å²) in [6.45, 7) is 8.32. The van der Waals surface area contributed by atoms with Gasteiger partial charge in [-0.1, -0.05) is 19.9 Å². The summed E-state index contributed by atoms with van der Waals surface area (Å²) in [5.74, 6) is 1.14. The van der Waals surface area contributed by atoms with Crippen LogP contribution in [0.25, 0.3) is 0 Å². The first-order chi connectivity index (χ1) is 8.31. The molecule has 17 heavy (non-hydrogen) atoms. The van der Waals surface area contributed by atoms with E-state index in [1.165, 1.54) is 18.4 Å². The quantitative estimate of drug-likeness (QED) is 0.807. The lowest BCUT2D eigenvalue weighted by Crippen LogP contribution is -2.51. The molecule has 0 amide bonds. The molecule has 1 N–H and O–H groups in total. The van der Waals surface area contributed by atoms with Gasteiger partial charge in [-0.3, -0.25) is 0 Å². The monoisotopic (exact) mass is 233 g/mol. The van der Waals surface area contributed by atoms with Crippen molar-refractivity contribution in [1.82, 2.24) is 10.3 Å². The Morgan fingerprint density at radius 1 is 1.18 bits per heavy atom. The van der Waals surface area contributed by atoms with Gasteiger partial charge in [0.05, 0.1) is 0 Å². The van der Waals surface area contributed by atoms with Gasteiger partial charge in [-0.15, -0.1) is 0 Å². The number of piperazine rings is 1. The maximum absolute atomic E-state index is 4.50. The summed E-state index contributed by atoms with van der Waals surface area (Å²) in [5, 5.41) is 3.63. The highest BCUT2D eigenvalue weighted by Gasteiger charge is 2.32. The third kappa shape index (κ3) is 2.78. The van der Waals surface area contributed by atoms with Crippen LogP contribution in [0.1, 0.15) is 32.3 Å². The van der Waals surface area contributed by atoms with E-state index < -0.39 is 0 Å². The van der Waals surface area contributed by atoms with Gasteiger partial charge in [-0.05, 0) is 31.4 Å². The standard InChI is InChI=1S/C12H17N3.C2H6/c1-9-2-5-12(13-6-9)15-7-10-3-4-11(8-15)14-10;1-2/h2,5-6,10-11,14H,3-4,7-8H2,1H3;1-2H3/t10-,11?;/m0./s1. The minimum Gasteiger partial charge on any atom is -0.353 e. The molecule has 3 rings (SSSR count). The smallest absolute Gasteiger partial charge is 0.128 e. The lowest BCUT2D eigenvalue weighted by Gasteiger charge is -2.33. The van der Waals surface area contributed by atoms with Crippen molar-refractivity contribution in [2.24, 2.45) is 0 Å². The van der Waals surface area contributed by atoms with Crippen molar-refractivity contribution in [3.8, 4) is 0 Å². The summed E-state index contributed by atoms with van der Waals surface area (Å²) >= 11 is 0. The number of rotatable bonds is 1. The molecule has 3 heterocycles. The van der Waals surface area contributed by atoms with Crippen molar-refractivity contribution in [3.63, 3.8) is 0 Å². The van der Waals surface area contributed by atoms with E-state index in [0.29, 0.717) is 12.1 Å². The van der Waals surface area contributed by atoms with Gasteiger partial charge in [0.15, 0.2) is 0 Å². The molecule has 0 spiro atoms. The van der Waals surface area contributed by atoms with Gasteiger partial charge in [0.2, 0.25) is 0 Å². The highest BCUT2D eigenvalue weighted by Crippen LogP contribution is 2.23. The van der Waals surface area contributed by atoms with Crippen LogP contribution in [0.3, 0.4) is 0 Å². The van der Waals surface area contributed by atoms with Crippen LogP contribution in [0.2, 0.25) is 0 Å². The fourth-order valence-electron chi connectivity index (χ4n) is 2.63. The fourth-order valence-corrected chi connectivity index (χ4v) is 2.63. The number of aryl methyl sites for hydroxylation is 1. The second kappa shape index (κ2) is 5.50. The predicted molar refractivity (Wildman–Crippen MR) is 72.5 cm³/mol. The number of pyridine rings is 1. The number of anilines is 1. The molecule has 2 aliphatic heterocycles. The first kappa shape index (κ1) is 12.4. The molecule has 0 saturated carbocycles. The fraction of sp³-hybridized carbons (Fsp3) is 0.643. The number of nitrogens with one attached hydrogen (secondary N) is 1. The molecule has 2 bridgehead atoms. The van der Waals surface area contributed by atoms with E-state index in [0.717, 1.165) is 18.9 Å². The summed E-state index contributed by atoms with van der Waals surface area (Å²) in [6.07, 6.45) is 4.61. The Hall–Kier alpha value is -1.09. The number of fused-ring (bicyclic) bond motifs is 2. The van der Waals surface area contributed by atoms with E-state index in [9.17, 15) is 0 Å². The zero-order valence-electron chi connectivity index (χ0n) is 11.1. The van der Waals surface area contributed by atoms with Crippen molar-refractivity contribution in [1.29, 1.82) is 0 Å². The van der Waals surface area contributed by atoms with Crippen molar-refractivity contribution in [2.45, 2.75) is 45.7 Å². The van der Waals surface area contributed by atoms with Crippen LogP contribution in [-0.2, 0) is 0 Å². The largest absolute Gasteiger partial charge is 0.353 e. The average Bonchev–Trinajstić information content (AvgIpc) is 2.72. The molecular weight excluding hydrogens is 210 g/mol. The lowest BCUT2D eigenvalue weighted by molar-refractivity contribution is 0.463. The van der Waals surface area contributed by atoms with Gasteiger partial charge in [0.1, 0.15) is 5.82 Å². The summed E-state index contributed by atoms with van der Waals surface area (Å²) in [4.78, 5) is 6.91. The maximum Gasteiger partial charge on any atom is 0.128 e. The van der Waals surface area contributed by atoms with Gasteiger partial charge in [-0.25, -0.2) is 4.98 Å². The predicted octanol–water partition coefficient (Wildman–Crippen LogP) is 2.36. The molecule has 1 aromatic rings. The van der Waals surface area contributed by atoms with E-state index >= 15 is 0 Å². The second-order valence-corrected chi connectivity index (χ2v) is 4.74. The Balaban J connectivity index is 0.000000514. The summed E-state index contributed by atoms with van der Waals surface area (Å²) in [7, 11) is 0. The van der Waals surface area contributed by atoms with E-state index in [1.807, 2.05) is 20.0 Å². The molecule has 0 aliphatic carbocycles. The van der Waals surface area contributed by atoms with Crippen LogP contribution in [-0.4, -0.2) is 30.2 Å². The number of hydrogen-bond acceptors (Lipinski definition) is 3. The molecule has 0 radical (unpaired) electrons. The van der Waals surface area contributed by atoms with Crippen LogP contribution in [0.5, 0.6) is 0 Å². The van der Waals surface area contributed by atoms with E-state index in [1.54, 1.807) is 0 Å². The van der Waals surface area contributed by atoms with E-state index in [-0.39, 0.29) is 0 Å². The van der Waals surface area contributed by atoms with Crippen molar-refractivity contribution < 1.29 is 0 Å². The van der Waals surface area contributed by atoms with Crippen molar-refractivity contribution >= 4 is 5.82 Å². The SMILES string of the molecule is CC.Cc1ccc(N2CC3CC[C@@H](C2)N3)nc1. The first-order valence-electron chi connectivity index (χ1n) is 6.75. The molecule has 0 aromatic carbocycles. The molecule has 2 fully saturated rings. The van der Waals surface area contributed by atoms with E-state index in [2.05, 4.69) is 34.3 Å². The minimum atomic E-state index is 0.687. The molecule has 2 saturated heterocycles. The topological polar surface area (TPSA) is 28.2 Å². The van der Waals surface area contributed by atoms with Gasteiger partial charge < -0.3 is 10.2 Å². The highest BCUT2D eigenvalue weighted by atomic mass is 15.3. The third-order valence-corrected chi connectivity index (χ3v) is 3.44. The van der Waals surface area contributed by atoms with Crippen LogP contribution >= 0.6 is 0 Å². The Morgan fingerprint density at radius 3 is 2.35 bits per heavy atom. The Morgan fingerprint density at radius 2 is 1.82 bits per heavy atom. The van der Waals surface area contributed by atoms with Crippen LogP contribution in [0.4, 0.5) is 5.82 Å². The summed E-state index contributed by atoms with van der Waals surface area (Å²) in [5.41, 5.74) is 1.23. The van der Waals surface area contributed by atoms with Gasteiger partial charge >= 0.3 is 0 Å². The Kier molecular flexibility index (Phi) is 4.00. The second-order valence-electron chi connectivity index (χ2n) is 4.74. The average molecular weight is 233 g/mol. The Bertz CT molecular complexity index is 335. The van der Waals surface area contributed by atoms with Crippen molar-refractivity contribution in [3.05, 3.63) is 23.9 Å². The summed E-state index contributed by atoms with van der Waals surface area (Å²) in [6, 6.07) is 5.66. The molecule has 3 nitrogen and oxygen atoms in total. The molecule has 94 valence electrons. The number of nitrogens with zero attached hydrogens (tertiary/aromatic N) is 2. The maximum atomic E-state index is 4.50. The lowest BCUT2D eigenvalue weighted by atomic mass is 10.2. The van der Waals surface area contributed by atoms with Gasteiger partial charge in [0, 0.05) is 31.4 Å². The molecular formula is C14H23N3. The molecule has 1 aromatic heterocycles. The normalized spacial score (nSPS) is 26.4. The zero-order valence-corrected chi connectivity index (χ0v) is 11.1. The first-order valence-corrected chi connectivity index (χ1v) is 6.75. The minimum absolute atomic E-state index is 0.687. The molecule has 3 heteroatoms. The zero-order chi connectivity index (χ0) is 12.3. The molecule has 2 atom stereocenters. The van der Waals surface area contributed by atoms with E-state index in [4.69, 9.17) is 0 Å². The van der Waals surface area contributed by atoms with Gasteiger partial charge in [-0.2, -0.15) is 0 Å². The van der Waals surface area contributed by atoms with Crippen LogP contribution < -0.4 is 10.2 Å². The molecule has 1 unspecified atom stereocenters. The number of aromatic nitrogens is 1. The highest BCUT2D eigenvalue weighted by molar-refractivity contribution is 5.41. The van der Waals surface area contributed by atoms with Crippen LogP contribution in [0.15, 0.2) is 18.3 Å². The van der Waals surface area contributed by atoms with Crippen LogP contribution in [0, 0.1) is 6.92 Å². The number of hydrogen-bond donors (Lipinski definition) is 1. The third-order valence-electron chi connectivity index (χ3n) is 3.44. The molecule has 2 aliphatic rings.